The van der Waals surface area contributed by atoms with Crippen LogP contribution in [-0.4, -0.2) is 63.5 Å². The highest BCUT2D eigenvalue weighted by Gasteiger charge is 2.41. The van der Waals surface area contributed by atoms with Crippen LogP contribution < -0.4 is 5.32 Å². The number of nitrogens with zero attached hydrogens (tertiary/aromatic N) is 1. The van der Waals surface area contributed by atoms with Crippen LogP contribution in [-0.2, 0) is 26.6 Å². The first-order chi connectivity index (χ1) is 11.5. The summed E-state index contributed by atoms with van der Waals surface area (Å²) in [6, 6.07) is 2.01. The fraction of sp³-hybridized carbons (Fsp3) is 0.688. The van der Waals surface area contributed by atoms with Crippen molar-refractivity contribution in [2.75, 3.05) is 44.3 Å². The first-order valence-corrected chi connectivity index (χ1v) is 11.1. The second kappa shape index (κ2) is 6.09. The number of piperidine rings is 1. The van der Waals surface area contributed by atoms with Crippen LogP contribution in [0.5, 0.6) is 0 Å². The van der Waals surface area contributed by atoms with E-state index in [9.17, 15) is 13.2 Å². The molecule has 3 aliphatic rings. The number of rotatable bonds is 1. The van der Waals surface area contributed by atoms with E-state index in [1.807, 2.05) is 6.07 Å². The number of hydrogen-bond acceptors (Lipinski definition) is 6. The van der Waals surface area contributed by atoms with Gasteiger partial charge in [0.2, 0.25) is 0 Å². The van der Waals surface area contributed by atoms with E-state index >= 15 is 0 Å². The number of carbonyl (C=O) groups is 1. The zero-order valence-electron chi connectivity index (χ0n) is 13.5. The van der Waals surface area contributed by atoms with Gasteiger partial charge >= 0.3 is 0 Å². The summed E-state index contributed by atoms with van der Waals surface area (Å²) in [6.45, 7) is 3.18. The summed E-state index contributed by atoms with van der Waals surface area (Å²) in [5.41, 5.74) is 1.01. The predicted molar refractivity (Wildman–Crippen MR) is 92.3 cm³/mol. The first kappa shape index (κ1) is 16.5. The van der Waals surface area contributed by atoms with Gasteiger partial charge in [-0.25, -0.2) is 8.42 Å². The summed E-state index contributed by atoms with van der Waals surface area (Å²) in [5, 5.41) is 3.37. The molecular weight excluding hydrogens is 348 g/mol. The van der Waals surface area contributed by atoms with Gasteiger partial charge < -0.3 is 15.0 Å². The maximum atomic E-state index is 12.8. The van der Waals surface area contributed by atoms with Crippen LogP contribution >= 0.6 is 11.3 Å². The third-order valence-electron chi connectivity index (χ3n) is 5.23. The summed E-state index contributed by atoms with van der Waals surface area (Å²) < 4.78 is 29.3. The average molecular weight is 370 g/mol. The molecule has 0 aliphatic carbocycles. The molecule has 6 nitrogen and oxygen atoms in total. The SMILES string of the molecule is O=C(c1cc2c(s1)C1(CCNCC1)OCC2)N1CCS(=O)(=O)CC1. The quantitative estimate of drug-likeness (QED) is 0.790. The molecule has 2 saturated heterocycles. The van der Waals surface area contributed by atoms with Crippen molar-refractivity contribution in [3.05, 3.63) is 21.4 Å². The maximum absolute atomic E-state index is 12.8. The van der Waals surface area contributed by atoms with E-state index in [4.69, 9.17) is 4.74 Å². The third kappa shape index (κ3) is 2.89. The van der Waals surface area contributed by atoms with Crippen molar-refractivity contribution in [3.63, 3.8) is 0 Å². The van der Waals surface area contributed by atoms with Crippen molar-refractivity contribution in [2.24, 2.45) is 0 Å². The Bertz CT molecular complexity index is 736. The molecule has 0 saturated carbocycles. The molecule has 1 amide bonds. The van der Waals surface area contributed by atoms with Crippen molar-refractivity contribution in [3.8, 4) is 0 Å². The fourth-order valence-corrected chi connectivity index (χ4v) is 6.38. The van der Waals surface area contributed by atoms with Gasteiger partial charge in [0.15, 0.2) is 9.84 Å². The molecule has 4 heterocycles. The number of carbonyl (C=O) groups excluding carboxylic acids is 1. The molecule has 1 spiro atoms. The van der Waals surface area contributed by atoms with Crippen LogP contribution in [0.2, 0.25) is 0 Å². The van der Waals surface area contributed by atoms with Gasteiger partial charge in [-0.15, -0.1) is 11.3 Å². The van der Waals surface area contributed by atoms with Crippen LogP contribution in [0.1, 0.15) is 33.0 Å². The lowest BCUT2D eigenvalue weighted by Gasteiger charge is -2.40. The molecule has 0 bridgehead atoms. The fourth-order valence-electron chi connectivity index (χ4n) is 3.80. The van der Waals surface area contributed by atoms with E-state index in [0.717, 1.165) is 37.2 Å². The number of fused-ring (bicyclic) bond motifs is 2. The summed E-state index contributed by atoms with van der Waals surface area (Å²) in [5.74, 6) is 0.110. The third-order valence-corrected chi connectivity index (χ3v) is 8.19. The monoisotopic (exact) mass is 370 g/mol. The van der Waals surface area contributed by atoms with Crippen molar-refractivity contribution in [1.82, 2.24) is 10.2 Å². The minimum absolute atomic E-state index is 0.0339. The van der Waals surface area contributed by atoms with Gasteiger partial charge in [-0.05, 0) is 44.0 Å². The second-order valence-corrected chi connectivity index (χ2v) is 10.1. The van der Waals surface area contributed by atoms with Crippen LogP contribution in [0.3, 0.4) is 0 Å². The average Bonchev–Trinajstić information content (AvgIpc) is 3.01. The lowest BCUT2D eigenvalue weighted by Crippen LogP contribution is -2.44. The summed E-state index contributed by atoms with van der Waals surface area (Å²) in [4.78, 5) is 16.4. The Hall–Kier alpha value is -0.960. The molecule has 132 valence electrons. The standard InChI is InChI=1S/C16H22N2O4S2/c19-15(18-6-9-24(20,21)10-7-18)13-11-12-1-8-22-16(14(12)23-13)2-4-17-5-3-16/h11,17H,1-10H2. The molecule has 0 radical (unpaired) electrons. The van der Waals surface area contributed by atoms with Crippen molar-refractivity contribution in [2.45, 2.75) is 24.9 Å². The Morgan fingerprint density at radius 3 is 2.67 bits per heavy atom. The minimum atomic E-state index is -2.97. The largest absolute Gasteiger partial charge is 0.369 e. The van der Waals surface area contributed by atoms with Gasteiger partial charge in [0.05, 0.1) is 23.0 Å². The molecule has 3 aliphatic heterocycles. The highest BCUT2D eigenvalue weighted by Crippen LogP contribution is 2.44. The van der Waals surface area contributed by atoms with Crippen LogP contribution in [0.15, 0.2) is 6.07 Å². The molecule has 0 aromatic carbocycles. The number of sulfone groups is 1. The number of hydrogen-bond donors (Lipinski definition) is 1. The summed E-state index contributed by atoms with van der Waals surface area (Å²) in [6.07, 6.45) is 2.73. The van der Waals surface area contributed by atoms with Gasteiger partial charge in [0.25, 0.3) is 5.91 Å². The Kier molecular flexibility index (Phi) is 4.19. The van der Waals surface area contributed by atoms with Gasteiger partial charge in [-0.1, -0.05) is 0 Å². The molecule has 2 fully saturated rings. The highest BCUT2D eigenvalue weighted by atomic mass is 32.2. The number of nitrogens with one attached hydrogen (secondary N) is 1. The molecule has 4 rings (SSSR count). The Morgan fingerprint density at radius 2 is 1.96 bits per heavy atom. The second-order valence-electron chi connectivity index (χ2n) is 6.75. The Labute approximate surface area is 146 Å². The van der Waals surface area contributed by atoms with Crippen LogP contribution in [0.4, 0.5) is 0 Å². The van der Waals surface area contributed by atoms with E-state index < -0.39 is 9.84 Å². The molecule has 1 N–H and O–H groups in total. The number of thiophene rings is 1. The first-order valence-electron chi connectivity index (χ1n) is 8.47. The Morgan fingerprint density at radius 1 is 1.25 bits per heavy atom. The molecule has 8 heteroatoms. The van der Waals surface area contributed by atoms with Gasteiger partial charge in [0.1, 0.15) is 5.60 Å². The topological polar surface area (TPSA) is 75.7 Å². The maximum Gasteiger partial charge on any atom is 0.264 e. The minimum Gasteiger partial charge on any atom is -0.369 e. The van der Waals surface area contributed by atoms with Crippen molar-refractivity contribution >= 4 is 27.1 Å². The molecule has 1 aromatic rings. The van der Waals surface area contributed by atoms with E-state index in [2.05, 4.69) is 5.32 Å². The Balaban J connectivity index is 1.58. The lowest BCUT2D eigenvalue weighted by molar-refractivity contribution is -0.0771. The van der Waals surface area contributed by atoms with Crippen LogP contribution in [0.25, 0.3) is 0 Å². The van der Waals surface area contributed by atoms with Gasteiger partial charge in [-0.2, -0.15) is 0 Å². The molecule has 1 aromatic heterocycles. The summed E-state index contributed by atoms with van der Waals surface area (Å²) in [7, 11) is -2.97. The van der Waals surface area contributed by atoms with E-state index in [1.165, 1.54) is 10.4 Å². The normalized spacial score (nSPS) is 25.4. The molecular formula is C16H22N2O4S2. The van der Waals surface area contributed by atoms with Crippen molar-refractivity contribution < 1.29 is 17.9 Å². The smallest absolute Gasteiger partial charge is 0.264 e. The van der Waals surface area contributed by atoms with Gasteiger partial charge in [0, 0.05) is 18.0 Å². The van der Waals surface area contributed by atoms with Gasteiger partial charge in [-0.3, -0.25) is 4.79 Å². The predicted octanol–water partition coefficient (Wildman–Crippen LogP) is 0.770. The number of amides is 1. The summed E-state index contributed by atoms with van der Waals surface area (Å²) >= 11 is 1.55. The highest BCUT2D eigenvalue weighted by molar-refractivity contribution is 7.91. The van der Waals surface area contributed by atoms with Crippen LogP contribution in [0, 0.1) is 0 Å². The molecule has 24 heavy (non-hydrogen) atoms. The molecule has 0 atom stereocenters. The molecule has 0 unspecified atom stereocenters. The van der Waals surface area contributed by atoms with E-state index in [1.54, 1.807) is 16.2 Å². The zero-order chi connectivity index (χ0) is 16.8. The zero-order valence-corrected chi connectivity index (χ0v) is 15.2. The van der Waals surface area contributed by atoms with E-state index in [-0.39, 0.29) is 23.0 Å². The van der Waals surface area contributed by atoms with Crippen molar-refractivity contribution in [1.29, 1.82) is 0 Å². The number of ether oxygens (including phenoxy) is 1. The van der Waals surface area contributed by atoms with E-state index in [0.29, 0.717) is 19.7 Å². The lowest BCUT2D eigenvalue weighted by atomic mass is 9.86.